The molecule has 0 radical (unpaired) electrons. The van der Waals surface area contributed by atoms with Crippen LogP contribution in [0.2, 0.25) is 10.0 Å². The summed E-state index contributed by atoms with van der Waals surface area (Å²) in [5.41, 5.74) is 6.27. The van der Waals surface area contributed by atoms with Crippen molar-refractivity contribution in [1.82, 2.24) is 4.90 Å². The molecule has 0 unspecified atom stereocenters. The van der Waals surface area contributed by atoms with Gasteiger partial charge in [-0.1, -0.05) is 29.3 Å². The van der Waals surface area contributed by atoms with Crippen molar-refractivity contribution in [3.05, 3.63) is 33.8 Å². The lowest BCUT2D eigenvalue weighted by molar-refractivity contribution is -0.131. The third-order valence-electron chi connectivity index (χ3n) is 4.37. The van der Waals surface area contributed by atoms with Crippen LogP contribution in [0, 0.1) is 11.8 Å². The van der Waals surface area contributed by atoms with Gasteiger partial charge in [-0.2, -0.15) is 0 Å². The number of primary amides is 1. The molecule has 1 aliphatic carbocycles. The zero-order chi connectivity index (χ0) is 15.1. The van der Waals surface area contributed by atoms with Crippen molar-refractivity contribution in [2.45, 2.75) is 18.8 Å². The molecule has 3 atom stereocenters. The Kier molecular flexibility index (Phi) is 3.84. The van der Waals surface area contributed by atoms with E-state index in [1.54, 1.807) is 17.0 Å². The fourth-order valence-corrected chi connectivity index (χ4v) is 3.59. The van der Waals surface area contributed by atoms with Crippen LogP contribution in [0.25, 0.3) is 0 Å². The molecule has 2 aliphatic rings. The molecule has 2 N–H and O–H groups in total. The van der Waals surface area contributed by atoms with Gasteiger partial charge in [0, 0.05) is 29.1 Å². The van der Waals surface area contributed by atoms with E-state index in [0.717, 1.165) is 12.0 Å². The largest absolute Gasteiger partial charge is 0.369 e. The van der Waals surface area contributed by atoms with Gasteiger partial charge in [-0.3, -0.25) is 9.59 Å². The second kappa shape index (κ2) is 5.50. The van der Waals surface area contributed by atoms with Gasteiger partial charge in [0.25, 0.3) is 0 Å². The average Bonchev–Trinajstić information content (AvgIpc) is 3.04. The van der Waals surface area contributed by atoms with Crippen molar-refractivity contribution < 1.29 is 9.59 Å². The van der Waals surface area contributed by atoms with Gasteiger partial charge in [-0.15, -0.1) is 0 Å². The predicted molar refractivity (Wildman–Crippen MR) is 81.2 cm³/mol. The first-order valence-electron chi connectivity index (χ1n) is 7.00. The number of carbonyl (C=O) groups excluding carboxylic acids is 2. The van der Waals surface area contributed by atoms with Crippen LogP contribution < -0.4 is 5.73 Å². The van der Waals surface area contributed by atoms with E-state index in [1.807, 2.05) is 6.07 Å². The van der Waals surface area contributed by atoms with Crippen LogP contribution in [0.1, 0.15) is 24.3 Å². The number of amides is 2. The lowest BCUT2D eigenvalue weighted by Crippen LogP contribution is -2.33. The monoisotopic (exact) mass is 326 g/mol. The smallest absolute Gasteiger partial charge is 0.226 e. The molecular formula is C15H16Cl2N2O2. The van der Waals surface area contributed by atoms with Crippen LogP contribution in [0.15, 0.2) is 18.2 Å². The first kappa shape index (κ1) is 14.7. The molecule has 3 rings (SSSR count). The summed E-state index contributed by atoms with van der Waals surface area (Å²) < 4.78 is 0. The van der Waals surface area contributed by atoms with E-state index in [1.165, 1.54) is 0 Å². The molecule has 1 saturated carbocycles. The molecule has 0 spiro atoms. The Bertz CT molecular complexity index is 605. The predicted octanol–water partition coefficient (Wildman–Crippen LogP) is 2.43. The van der Waals surface area contributed by atoms with Gasteiger partial charge in [0.1, 0.15) is 0 Å². The summed E-state index contributed by atoms with van der Waals surface area (Å²) >= 11 is 12.1. The third kappa shape index (κ3) is 2.87. The Labute approximate surface area is 133 Å². The normalized spacial score (nSPS) is 27.7. The van der Waals surface area contributed by atoms with Crippen LogP contribution in [0.4, 0.5) is 0 Å². The third-order valence-corrected chi connectivity index (χ3v) is 4.93. The fourth-order valence-electron chi connectivity index (χ4n) is 3.04. The van der Waals surface area contributed by atoms with E-state index in [9.17, 15) is 9.59 Å². The van der Waals surface area contributed by atoms with Gasteiger partial charge >= 0.3 is 0 Å². The quantitative estimate of drug-likeness (QED) is 0.927. The standard InChI is InChI=1S/C15H16Cl2N2O2/c16-9-1-2-10(13(17)5-9)11-6-12(11)15(21)19-4-3-8(7-19)14(18)20/h1-2,5,8,11-12H,3-4,6-7H2,(H2,18,20)/t8-,11+,12+/m0/s1. The van der Waals surface area contributed by atoms with Crippen molar-refractivity contribution in [2.24, 2.45) is 17.6 Å². The highest BCUT2D eigenvalue weighted by Crippen LogP contribution is 2.51. The van der Waals surface area contributed by atoms with Crippen LogP contribution >= 0.6 is 23.2 Å². The Hall–Kier alpha value is -1.26. The van der Waals surface area contributed by atoms with Gasteiger partial charge in [0.15, 0.2) is 0 Å². The van der Waals surface area contributed by atoms with E-state index < -0.39 is 0 Å². The summed E-state index contributed by atoms with van der Waals surface area (Å²) in [4.78, 5) is 25.4. The van der Waals surface area contributed by atoms with E-state index in [0.29, 0.717) is 29.6 Å². The molecule has 112 valence electrons. The number of hydrogen-bond acceptors (Lipinski definition) is 2. The van der Waals surface area contributed by atoms with Gasteiger partial charge in [0.05, 0.1) is 5.92 Å². The van der Waals surface area contributed by atoms with Gasteiger partial charge in [0.2, 0.25) is 11.8 Å². The maximum absolute atomic E-state index is 12.4. The van der Waals surface area contributed by atoms with Crippen molar-refractivity contribution >= 4 is 35.0 Å². The van der Waals surface area contributed by atoms with Gasteiger partial charge in [-0.05, 0) is 36.5 Å². The number of nitrogens with zero attached hydrogens (tertiary/aromatic N) is 1. The Morgan fingerprint density at radius 2 is 2.05 bits per heavy atom. The number of benzene rings is 1. The summed E-state index contributed by atoms with van der Waals surface area (Å²) in [5.74, 6) is -0.288. The lowest BCUT2D eigenvalue weighted by atomic mass is 10.1. The zero-order valence-corrected chi connectivity index (χ0v) is 12.9. The highest BCUT2D eigenvalue weighted by atomic mass is 35.5. The van der Waals surface area contributed by atoms with Crippen LogP contribution in [-0.2, 0) is 9.59 Å². The second-order valence-corrected chi connectivity index (χ2v) is 6.63. The molecule has 1 aliphatic heterocycles. The molecule has 1 aromatic rings. The Morgan fingerprint density at radius 1 is 1.29 bits per heavy atom. The van der Waals surface area contributed by atoms with Crippen molar-refractivity contribution in [2.75, 3.05) is 13.1 Å². The molecule has 6 heteroatoms. The molecule has 0 bridgehead atoms. The summed E-state index contributed by atoms with van der Waals surface area (Å²) in [6.07, 6.45) is 1.47. The highest BCUT2D eigenvalue weighted by Gasteiger charge is 2.47. The molecular weight excluding hydrogens is 311 g/mol. The van der Waals surface area contributed by atoms with Gasteiger partial charge in [-0.25, -0.2) is 0 Å². The zero-order valence-electron chi connectivity index (χ0n) is 11.4. The molecule has 2 fully saturated rings. The molecule has 2 amide bonds. The molecule has 1 heterocycles. The van der Waals surface area contributed by atoms with Crippen LogP contribution in [0.5, 0.6) is 0 Å². The SMILES string of the molecule is NC(=O)[C@H]1CCN(C(=O)[C@@H]2C[C@@H]2c2ccc(Cl)cc2Cl)C1. The molecule has 1 saturated heterocycles. The minimum Gasteiger partial charge on any atom is -0.369 e. The molecule has 1 aromatic carbocycles. The number of hydrogen-bond donors (Lipinski definition) is 1. The van der Waals surface area contributed by atoms with Crippen molar-refractivity contribution in [1.29, 1.82) is 0 Å². The fraction of sp³-hybridized carbons (Fsp3) is 0.467. The van der Waals surface area contributed by atoms with Crippen LogP contribution in [-0.4, -0.2) is 29.8 Å². The minimum absolute atomic E-state index is 0.0321. The minimum atomic E-state index is -0.321. The summed E-state index contributed by atoms with van der Waals surface area (Å²) in [5, 5.41) is 1.20. The maximum Gasteiger partial charge on any atom is 0.226 e. The summed E-state index contributed by atoms with van der Waals surface area (Å²) in [7, 11) is 0. The number of rotatable bonds is 3. The number of halogens is 2. The molecule has 21 heavy (non-hydrogen) atoms. The van der Waals surface area contributed by atoms with E-state index in [2.05, 4.69) is 0 Å². The Balaban J connectivity index is 1.65. The van der Waals surface area contributed by atoms with Crippen molar-refractivity contribution in [3.8, 4) is 0 Å². The second-order valence-electron chi connectivity index (χ2n) is 5.79. The average molecular weight is 327 g/mol. The number of nitrogens with two attached hydrogens (primary N) is 1. The number of carbonyl (C=O) groups is 2. The molecule has 4 nitrogen and oxygen atoms in total. The van der Waals surface area contributed by atoms with E-state index in [-0.39, 0.29) is 29.6 Å². The topological polar surface area (TPSA) is 63.4 Å². The highest BCUT2D eigenvalue weighted by molar-refractivity contribution is 6.35. The molecule has 0 aromatic heterocycles. The lowest BCUT2D eigenvalue weighted by Gasteiger charge is -2.16. The van der Waals surface area contributed by atoms with E-state index >= 15 is 0 Å². The Morgan fingerprint density at radius 3 is 2.67 bits per heavy atom. The maximum atomic E-state index is 12.4. The first-order valence-corrected chi connectivity index (χ1v) is 7.76. The van der Waals surface area contributed by atoms with E-state index in [4.69, 9.17) is 28.9 Å². The first-order chi connectivity index (χ1) is 9.97. The van der Waals surface area contributed by atoms with Crippen LogP contribution in [0.3, 0.4) is 0 Å². The van der Waals surface area contributed by atoms with Crippen molar-refractivity contribution in [3.63, 3.8) is 0 Å². The number of likely N-dealkylation sites (tertiary alicyclic amines) is 1. The summed E-state index contributed by atoms with van der Waals surface area (Å²) in [6.45, 7) is 1.07. The summed E-state index contributed by atoms with van der Waals surface area (Å²) in [6, 6.07) is 5.39. The van der Waals surface area contributed by atoms with Gasteiger partial charge < -0.3 is 10.6 Å².